The topological polar surface area (TPSA) is 122 Å². The van der Waals surface area contributed by atoms with Crippen LogP contribution >= 0.6 is 0 Å². The van der Waals surface area contributed by atoms with Gasteiger partial charge in [-0.2, -0.15) is 0 Å². The van der Waals surface area contributed by atoms with Gasteiger partial charge in [0.05, 0.1) is 13.0 Å². The molecule has 9 nitrogen and oxygen atoms in total. The summed E-state index contributed by atoms with van der Waals surface area (Å²) in [6.45, 7) is 3.83. The Balaban J connectivity index is 1.96. The highest BCUT2D eigenvalue weighted by Gasteiger charge is 2.38. The molecule has 30 heavy (non-hydrogen) atoms. The van der Waals surface area contributed by atoms with Crippen LogP contribution in [0.2, 0.25) is 0 Å². The van der Waals surface area contributed by atoms with E-state index in [4.69, 9.17) is 9.47 Å². The molecule has 2 amide bonds. The van der Waals surface area contributed by atoms with Crippen molar-refractivity contribution in [1.82, 2.24) is 10.2 Å². The lowest BCUT2D eigenvalue weighted by molar-refractivity contribution is -0.147. The van der Waals surface area contributed by atoms with E-state index in [2.05, 4.69) is 5.32 Å². The van der Waals surface area contributed by atoms with Crippen molar-refractivity contribution in [3.8, 4) is 0 Å². The lowest BCUT2D eigenvalue weighted by atomic mass is 9.97. The smallest absolute Gasteiger partial charge is 0.410 e. The SMILES string of the molecule is CCOC(=O)C[C@@H](C)[C@H](NC(=O)[C@H]1CCCN1C(=O)OCc1ccccc1)C(=O)O. The number of ether oxygens (including phenoxy) is 2. The number of benzene rings is 1. The lowest BCUT2D eigenvalue weighted by Gasteiger charge is -2.26. The number of carbonyl (C=O) groups excluding carboxylic acids is 3. The van der Waals surface area contributed by atoms with Crippen LogP contribution in [0, 0.1) is 5.92 Å². The first-order valence-corrected chi connectivity index (χ1v) is 9.99. The van der Waals surface area contributed by atoms with E-state index in [1.54, 1.807) is 13.8 Å². The summed E-state index contributed by atoms with van der Waals surface area (Å²) in [6, 6.07) is 7.08. The number of nitrogens with one attached hydrogen (secondary N) is 1. The van der Waals surface area contributed by atoms with E-state index in [1.807, 2.05) is 30.3 Å². The number of nitrogens with zero attached hydrogens (tertiary/aromatic N) is 1. The van der Waals surface area contributed by atoms with Gasteiger partial charge in [-0.1, -0.05) is 37.3 Å². The zero-order chi connectivity index (χ0) is 22.1. The van der Waals surface area contributed by atoms with Gasteiger partial charge in [0, 0.05) is 6.54 Å². The number of rotatable bonds is 9. The van der Waals surface area contributed by atoms with Gasteiger partial charge in [0.2, 0.25) is 5.91 Å². The molecule has 0 saturated carbocycles. The van der Waals surface area contributed by atoms with E-state index in [0.29, 0.717) is 19.4 Å². The molecule has 0 unspecified atom stereocenters. The Hall–Kier alpha value is -3.10. The summed E-state index contributed by atoms with van der Waals surface area (Å²) < 4.78 is 10.1. The maximum Gasteiger partial charge on any atom is 0.410 e. The van der Waals surface area contributed by atoms with Gasteiger partial charge in [-0.3, -0.25) is 14.5 Å². The molecule has 0 aliphatic carbocycles. The second-order valence-corrected chi connectivity index (χ2v) is 7.20. The van der Waals surface area contributed by atoms with Gasteiger partial charge < -0.3 is 19.9 Å². The quantitative estimate of drug-likeness (QED) is 0.586. The van der Waals surface area contributed by atoms with Gasteiger partial charge >= 0.3 is 18.0 Å². The van der Waals surface area contributed by atoms with Crippen LogP contribution in [0.4, 0.5) is 4.79 Å². The number of hydrogen-bond acceptors (Lipinski definition) is 6. The number of amides is 2. The van der Waals surface area contributed by atoms with Crippen LogP contribution in [0.15, 0.2) is 30.3 Å². The normalized spacial score (nSPS) is 17.7. The minimum Gasteiger partial charge on any atom is -0.480 e. The van der Waals surface area contributed by atoms with Gasteiger partial charge in [0.1, 0.15) is 18.7 Å². The summed E-state index contributed by atoms with van der Waals surface area (Å²) in [5, 5.41) is 12.0. The molecule has 2 rings (SSSR count). The third kappa shape index (κ3) is 6.47. The van der Waals surface area contributed by atoms with Crippen molar-refractivity contribution < 1.29 is 33.8 Å². The molecule has 1 aromatic carbocycles. The Kier molecular flexibility index (Phi) is 8.64. The summed E-state index contributed by atoms with van der Waals surface area (Å²) in [5.74, 6) is -3.04. The molecule has 1 aromatic rings. The zero-order valence-corrected chi connectivity index (χ0v) is 17.2. The summed E-state index contributed by atoms with van der Waals surface area (Å²) in [7, 11) is 0. The van der Waals surface area contributed by atoms with Gasteiger partial charge in [-0.15, -0.1) is 0 Å². The van der Waals surface area contributed by atoms with Crippen LogP contribution < -0.4 is 5.32 Å². The van der Waals surface area contributed by atoms with Crippen LogP contribution in [0.25, 0.3) is 0 Å². The van der Waals surface area contributed by atoms with Gasteiger partial charge in [-0.05, 0) is 31.2 Å². The number of carboxylic acid groups (broad SMARTS) is 1. The molecule has 3 atom stereocenters. The molecular weight excluding hydrogens is 392 g/mol. The average molecular weight is 420 g/mol. The molecule has 0 radical (unpaired) electrons. The first-order chi connectivity index (χ1) is 14.3. The summed E-state index contributed by atoms with van der Waals surface area (Å²) in [6.07, 6.45) is 0.251. The second-order valence-electron chi connectivity index (χ2n) is 7.20. The summed E-state index contributed by atoms with van der Waals surface area (Å²) in [4.78, 5) is 49.8. The molecule has 9 heteroatoms. The zero-order valence-electron chi connectivity index (χ0n) is 17.2. The van der Waals surface area contributed by atoms with Crippen molar-refractivity contribution in [3.63, 3.8) is 0 Å². The van der Waals surface area contributed by atoms with Gasteiger partial charge in [-0.25, -0.2) is 9.59 Å². The third-order valence-electron chi connectivity index (χ3n) is 4.92. The number of carbonyl (C=O) groups is 4. The molecule has 2 N–H and O–H groups in total. The molecule has 1 aliphatic rings. The molecular formula is C21H28N2O7. The predicted molar refractivity (Wildman–Crippen MR) is 106 cm³/mol. The molecule has 0 spiro atoms. The highest BCUT2D eigenvalue weighted by molar-refractivity contribution is 5.90. The van der Waals surface area contributed by atoms with Crippen molar-refractivity contribution in [1.29, 1.82) is 0 Å². The van der Waals surface area contributed by atoms with Gasteiger partial charge in [0.25, 0.3) is 0 Å². The van der Waals surface area contributed by atoms with E-state index in [9.17, 15) is 24.3 Å². The third-order valence-corrected chi connectivity index (χ3v) is 4.92. The van der Waals surface area contributed by atoms with Crippen molar-refractivity contribution in [2.24, 2.45) is 5.92 Å². The van der Waals surface area contributed by atoms with E-state index >= 15 is 0 Å². The molecule has 1 saturated heterocycles. The van der Waals surface area contributed by atoms with Crippen molar-refractivity contribution in [3.05, 3.63) is 35.9 Å². The Morgan fingerprint density at radius 1 is 1.20 bits per heavy atom. The fraction of sp³-hybridized carbons (Fsp3) is 0.524. The number of hydrogen-bond donors (Lipinski definition) is 2. The minimum atomic E-state index is -1.27. The molecule has 1 heterocycles. The van der Waals surface area contributed by atoms with E-state index in [0.717, 1.165) is 5.56 Å². The van der Waals surface area contributed by atoms with Crippen molar-refractivity contribution in [2.75, 3.05) is 13.2 Å². The largest absolute Gasteiger partial charge is 0.480 e. The Morgan fingerprint density at radius 3 is 2.53 bits per heavy atom. The van der Waals surface area contributed by atoms with Crippen LogP contribution in [0.1, 0.15) is 38.7 Å². The predicted octanol–water partition coefficient (Wildman–Crippen LogP) is 1.95. The highest BCUT2D eigenvalue weighted by Crippen LogP contribution is 2.20. The average Bonchev–Trinajstić information content (AvgIpc) is 3.20. The van der Waals surface area contributed by atoms with Crippen molar-refractivity contribution in [2.45, 2.75) is 51.8 Å². The fourth-order valence-electron chi connectivity index (χ4n) is 3.36. The summed E-state index contributed by atoms with van der Waals surface area (Å²) in [5.41, 5.74) is 0.824. The highest BCUT2D eigenvalue weighted by atomic mass is 16.6. The Bertz CT molecular complexity index is 753. The van der Waals surface area contributed by atoms with Crippen LogP contribution in [-0.4, -0.2) is 59.2 Å². The molecule has 0 aromatic heterocycles. The van der Waals surface area contributed by atoms with Crippen molar-refractivity contribution >= 4 is 23.9 Å². The standard InChI is InChI=1S/C21H28N2O7/c1-3-29-17(24)12-14(2)18(20(26)27)22-19(25)16-10-7-11-23(16)21(28)30-13-15-8-5-4-6-9-15/h4-6,8-9,14,16,18H,3,7,10-13H2,1-2H3,(H,22,25)(H,26,27)/t14-,16-,18+/m1/s1. The molecule has 164 valence electrons. The van der Waals surface area contributed by atoms with Gasteiger partial charge in [0.15, 0.2) is 0 Å². The van der Waals surface area contributed by atoms with E-state index < -0.39 is 41.9 Å². The Labute approximate surface area is 175 Å². The first kappa shape index (κ1) is 23.2. The number of esters is 1. The molecule has 1 fully saturated rings. The maximum absolute atomic E-state index is 12.7. The molecule has 1 aliphatic heterocycles. The van der Waals surface area contributed by atoms with Crippen LogP contribution in [0.3, 0.4) is 0 Å². The Morgan fingerprint density at radius 2 is 1.90 bits per heavy atom. The monoisotopic (exact) mass is 420 g/mol. The fourth-order valence-corrected chi connectivity index (χ4v) is 3.36. The van der Waals surface area contributed by atoms with E-state index in [-0.39, 0.29) is 19.6 Å². The van der Waals surface area contributed by atoms with Crippen LogP contribution in [0.5, 0.6) is 0 Å². The summed E-state index contributed by atoms with van der Waals surface area (Å²) >= 11 is 0. The number of aliphatic carboxylic acids is 1. The first-order valence-electron chi connectivity index (χ1n) is 9.99. The maximum atomic E-state index is 12.7. The lowest BCUT2D eigenvalue weighted by Crippen LogP contribution is -2.53. The van der Waals surface area contributed by atoms with Crippen LogP contribution in [-0.2, 0) is 30.5 Å². The minimum absolute atomic E-state index is 0.0822. The number of carboxylic acids is 1. The van der Waals surface area contributed by atoms with E-state index in [1.165, 1.54) is 4.90 Å². The molecule has 0 bridgehead atoms. The second kappa shape index (κ2) is 11.2. The number of likely N-dealkylation sites (tertiary alicyclic amines) is 1.